The van der Waals surface area contributed by atoms with E-state index in [9.17, 15) is 24.2 Å². The molecule has 1 aromatic rings. The molecular formula is C16H16F2N4O3. The van der Waals surface area contributed by atoms with Crippen LogP contribution in [0.4, 0.5) is 14.5 Å². The Labute approximate surface area is 142 Å². The Kier molecular flexibility index (Phi) is 3.76. The lowest BCUT2D eigenvalue weighted by Crippen LogP contribution is -2.49. The van der Waals surface area contributed by atoms with Crippen LogP contribution in [0.25, 0.3) is 0 Å². The Balaban J connectivity index is 2.28. The standard InChI is InChI=1S/C16H16F2N4O3/c1-8-11-5-15(2,6-19)14(20)21-16(11,7-25-8)10-3-9(22(23)24)4-12(17)13(10)18/h3-4,8,11H,5,7H2,1-2H3,(H2,20,21)/t8-,11-,15-,16-/m1/s1. The smallest absolute Gasteiger partial charge is 0.272 e. The molecule has 25 heavy (non-hydrogen) atoms. The van der Waals surface area contributed by atoms with E-state index in [1.807, 2.05) is 0 Å². The predicted octanol–water partition coefficient (Wildman–Crippen LogP) is 2.39. The summed E-state index contributed by atoms with van der Waals surface area (Å²) in [6.45, 7) is 3.26. The SMILES string of the molecule is C[C@H]1OC[C@]2(c3cc([N+](=O)[O-])cc(F)c3F)N=C(N)[C@@](C)(C#N)C[C@H]12. The van der Waals surface area contributed by atoms with E-state index >= 15 is 0 Å². The van der Waals surface area contributed by atoms with E-state index in [2.05, 4.69) is 11.1 Å². The first-order valence-electron chi connectivity index (χ1n) is 7.67. The zero-order valence-corrected chi connectivity index (χ0v) is 13.6. The molecule has 132 valence electrons. The van der Waals surface area contributed by atoms with E-state index in [0.29, 0.717) is 6.07 Å². The predicted molar refractivity (Wildman–Crippen MR) is 83.6 cm³/mol. The van der Waals surface area contributed by atoms with Gasteiger partial charge in [0.1, 0.15) is 16.8 Å². The minimum Gasteiger partial charge on any atom is -0.386 e. The van der Waals surface area contributed by atoms with Crippen molar-refractivity contribution in [3.8, 4) is 6.07 Å². The minimum atomic E-state index is -1.39. The fourth-order valence-electron chi connectivity index (χ4n) is 3.64. The second kappa shape index (κ2) is 5.46. The molecule has 1 aromatic carbocycles. The summed E-state index contributed by atoms with van der Waals surface area (Å²) < 4.78 is 34.1. The molecule has 2 aliphatic heterocycles. The first-order valence-corrected chi connectivity index (χ1v) is 7.67. The summed E-state index contributed by atoms with van der Waals surface area (Å²) in [5.41, 5.74) is 2.65. The Morgan fingerprint density at radius 1 is 1.52 bits per heavy atom. The molecule has 2 N–H and O–H groups in total. The van der Waals surface area contributed by atoms with Gasteiger partial charge in [-0.1, -0.05) is 0 Å². The van der Waals surface area contributed by atoms with Crippen molar-refractivity contribution in [1.82, 2.24) is 0 Å². The van der Waals surface area contributed by atoms with Gasteiger partial charge in [-0.15, -0.1) is 0 Å². The topological polar surface area (TPSA) is 115 Å². The quantitative estimate of drug-likeness (QED) is 0.649. The van der Waals surface area contributed by atoms with Gasteiger partial charge in [-0.2, -0.15) is 5.26 Å². The van der Waals surface area contributed by atoms with E-state index in [4.69, 9.17) is 10.5 Å². The Morgan fingerprint density at radius 3 is 2.80 bits per heavy atom. The molecule has 1 saturated heterocycles. The molecule has 3 rings (SSSR count). The number of amidine groups is 1. The Bertz CT molecular complexity index is 837. The maximum atomic E-state index is 14.6. The lowest BCUT2D eigenvalue weighted by atomic mass is 9.67. The number of nitrogens with zero attached hydrogens (tertiary/aromatic N) is 3. The molecule has 0 spiro atoms. The number of aliphatic imine (C=N–C) groups is 1. The van der Waals surface area contributed by atoms with Gasteiger partial charge in [0.15, 0.2) is 11.6 Å². The number of ether oxygens (including phenoxy) is 1. The van der Waals surface area contributed by atoms with Crippen LogP contribution in [-0.4, -0.2) is 23.5 Å². The molecule has 0 amide bonds. The number of nitriles is 1. The maximum absolute atomic E-state index is 14.6. The Morgan fingerprint density at radius 2 is 2.20 bits per heavy atom. The fourth-order valence-corrected chi connectivity index (χ4v) is 3.64. The summed E-state index contributed by atoms with van der Waals surface area (Å²) in [6.07, 6.45) is -0.171. The van der Waals surface area contributed by atoms with Crippen molar-refractivity contribution in [2.24, 2.45) is 22.1 Å². The molecule has 0 saturated carbocycles. The van der Waals surface area contributed by atoms with Crippen LogP contribution >= 0.6 is 0 Å². The zero-order valence-electron chi connectivity index (χ0n) is 13.6. The van der Waals surface area contributed by atoms with E-state index in [1.165, 1.54) is 0 Å². The molecule has 0 radical (unpaired) electrons. The highest BCUT2D eigenvalue weighted by molar-refractivity contribution is 5.90. The summed E-state index contributed by atoms with van der Waals surface area (Å²) >= 11 is 0. The van der Waals surface area contributed by atoms with Crippen molar-refractivity contribution in [1.29, 1.82) is 5.26 Å². The fraction of sp³-hybridized carbons (Fsp3) is 0.500. The summed E-state index contributed by atoms with van der Waals surface area (Å²) in [5.74, 6) is -3.04. The third-order valence-electron chi connectivity index (χ3n) is 5.20. The highest BCUT2D eigenvalue weighted by atomic mass is 19.2. The molecule has 0 unspecified atom stereocenters. The van der Waals surface area contributed by atoms with Crippen LogP contribution in [0, 0.1) is 44.4 Å². The van der Waals surface area contributed by atoms with Gasteiger partial charge in [-0.3, -0.25) is 15.1 Å². The van der Waals surface area contributed by atoms with Crippen molar-refractivity contribution < 1.29 is 18.4 Å². The van der Waals surface area contributed by atoms with Gasteiger partial charge in [0.05, 0.1) is 29.8 Å². The lowest BCUT2D eigenvalue weighted by molar-refractivity contribution is -0.385. The zero-order chi connectivity index (χ0) is 18.6. The number of nitro groups is 1. The number of nitrogens with two attached hydrogens (primary N) is 1. The molecule has 4 atom stereocenters. The molecule has 2 heterocycles. The van der Waals surface area contributed by atoms with Gasteiger partial charge in [-0.25, -0.2) is 8.78 Å². The van der Waals surface area contributed by atoms with Crippen LogP contribution in [0.15, 0.2) is 17.1 Å². The van der Waals surface area contributed by atoms with E-state index in [1.54, 1.807) is 13.8 Å². The normalized spacial score (nSPS) is 34.1. The van der Waals surface area contributed by atoms with Crippen LogP contribution in [0.2, 0.25) is 0 Å². The number of nitro benzene ring substituents is 1. The van der Waals surface area contributed by atoms with Crippen LogP contribution in [0.1, 0.15) is 25.8 Å². The summed E-state index contributed by atoms with van der Waals surface area (Å²) in [7, 11) is 0. The molecule has 9 heteroatoms. The van der Waals surface area contributed by atoms with E-state index in [-0.39, 0.29) is 24.4 Å². The molecule has 0 aliphatic carbocycles. The largest absolute Gasteiger partial charge is 0.386 e. The molecule has 2 aliphatic rings. The first-order chi connectivity index (χ1) is 11.6. The van der Waals surface area contributed by atoms with Crippen LogP contribution in [-0.2, 0) is 10.3 Å². The summed E-state index contributed by atoms with van der Waals surface area (Å²) in [4.78, 5) is 14.6. The highest BCUT2D eigenvalue weighted by Crippen LogP contribution is 2.52. The second-order valence-corrected chi connectivity index (χ2v) is 6.74. The summed E-state index contributed by atoms with van der Waals surface area (Å²) in [6, 6.07) is 3.60. The average Bonchev–Trinajstić information content (AvgIpc) is 2.87. The van der Waals surface area contributed by atoms with Crippen molar-refractivity contribution >= 4 is 11.5 Å². The molecule has 7 nitrogen and oxygen atoms in total. The molecular weight excluding hydrogens is 334 g/mol. The van der Waals surface area contributed by atoms with Crippen molar-refractivity contribution in [3.05, 3.63) is 39.4 Å². The van der Waals surface area contributed by atoms with Crippen molar-refractivity contribution in [2.45, 2.75) is 31.9 Å². The summed E-state index contributed by atoms with van der Waals surface area (Å²) in [5, 5.41) is 20.5. The average molecular weight is 350 g/mol. The molecule has 0 aromatic heterocycles. The van der Waals surface area contributed by atoms with Crippen molar-refractivity contribution in [2.75, 3.05) is 6.61 Å². The second-order valence-electron chi connectivity index (χ2n) is 6.74. The third kappa shape index (κ3) is 2.36. The number of hydrogen-bond donors (Lipinski definition) is 1. The number of non-ortho nitro benzene ring substituents is 1. The number of hydrogen-bond acceptors (Lipinski definition) is 6. The lowest BCUT2D eigenvalue weighted by Gasteiger charge is -2.41. The van der Waals surface area contributed by atoms with Crippen LogP contribution in [0.3, 0.4) is 0 Å². The van der Waals surface area contributed by atoms with Crippen LogP contribution < -0.4 is 5.73 Å². The number of fused-ring (bicyclic) bond motifs is 1. The Hall–Kier alpha value is -2.60. The minimum absolute atomic E-state index is 0.0183. The van der Waals surface area contributed by atoms with Gasteiger partial charge in [0, 0.05) is 17.5 Å². The number of halogens is 2. The van der Waals surface area contributed by atoms with Gasteiger partial charge in [-0.05, 0) is 20.3 Å². The number of benzene rings is 1. The maximum Gasteiger partial charge on any atom is 0.272 e. The third-order valence-corrected chi connectivity index (χ3v) is 5.20. The van der Waals surface area contributed by atoms with Gasteiger partial charge < -0.3 is 10.5 Å². The van der Waals surface area contributed by atoms with Crippen LogP contribution in [0.5, 0.6) is 0 Å². The van der Waals surface area contributed by atoms with Crippen molar-refractivity contribution in [3.63, 3.8) is 0 Å². The van der Waals surface area contributed by atoms with Gasteiger partial charge in [0.25, 0.3) is 5.69 Å². The molecule has 1 fully saturated rings. The van der Waals surface area contributed by atoms with Gasteiger partial charge >= 0.3 is 0 Å². The van der Waals surface area contributed by atoms with E-state index in [0.717, 1.165) is 6.07 Å². The number of rotatable bonds is 2. The first kappa shape index (κ1) is 17.2. The van der Waals surface area contributed by atoms with E-state index < -0.39 is 45.2 Å². The molecule has 0 bridgehead atoms. The monoisotopic (exact) mass is 350 g/mol. The van der Waals surface area contributed by atoms with Gasteiger partial charge in [0.2, 0.25) is 0 Å². The highest BCUT2D eigenvalue weighted by Gasteiger charge is 2.57.